The lowest BCUT2D eigenvalue weighted by Crippen LogP contribution is -2.26. The molecule has 170 valence electrons. The highest BCUT2D eigenvalue weighted by molar-refractivity contribution is 6.10. The number of halogens is 1. The minimum absolute atomic E-state index is 0.274. The van der Waals surface area contributed by atoms with Gasteiger partial charge in [-0.05, 0) is 48.2 Å². The van der Waals surface area contributed by atoms with Crippen molar-refractivity contribution in [3.63, 3.8) is 0 Å². The van der Waals surface area contributed by atoms with Gasteiger partial charge in [0.25, 0.3) is 5.91 Å². The third-order valence-corrected chi connectivity index (χ3v) is 5.90. The molecule has 5 rings (SSSR count). The first kappa shape index (κ1) is 21.6. The van der Waals surface area contributed by atoms with E-state index in [0.29, 0.717) is 54.0 Å². The predicted molar refractivity (Wildman–Crippen MR) is 132 cm³/mol. The smallest absolute Gasteiger partial charge is 0.257 e. The van der Waals surface area contributed by atoms with Crippen LogP contribution in [-0.4, -0.2) is 27.0 Å². The van der Waals surface area contributed by atoms with Crippen LogP contribution in [0.2, 0.25) is 0 Å². The van der Waals surface area contributed by atoms with Crippen LogP contribution in [0.5, 0.6) is 0 Å². The van der Waals surface area contributed by atoms with Gasteiger partial charge in [-0.15, -0.1) is 0 Å². The van der Waals surface area contributed by atoms with Gasteiger partial charge in [0, 0.05) is 13.1 Å². The SMILES string of the molecule is Nc1c(C(=O)NCCc2ccccc2)c2nc3ccccc3nc2n1CCc1ccc(F)cc1. The van der Waals surface area contributed by atoms with E-state index in [9.17, 15) is 9.18 Å². The van der Waals surface area contributed by atoms with Crippen molar-refractivity contribution >= 4 is 33.9 Å². The number of fused-ring (bicyclic) bond motifs is 2. The van der Waals surface area contributed by atoms with Crippen LogP contribution in [0.4, 0.5) is 10.2 Å². The molecule has 0 aliphatic rings. The Bertz CT molecular complexity index is 1460. The van der Waals surface area contributed by atoms with Crippen LogP contribution in [0.15, 0.2) is 78.9 Å². The van der Waals surface area contributed by atoms with Crippen molar-refractivity contribution in [3.05, 3.63) is 101 Å². The lowest BCUT2D eigenvalue weighted by atomic mass is 10.1. The van der Waals surface area contributed by atoms with Crippen LogP contribution in [-0.2, 0) is 19.4 Å². The number of aromatic nitrogens is 3. The number of para-hydroxylation sites is 2. The third kappa shape index (κ3) is 4.32. The Hall–Kier alpha value is -4.26. The van der Waals surface area contributed by atoms with Gasteiger partial charge in [-0.3, -0.25) is 4.79 Å². The number of amides is 1. The Balaban J connectivity index is 1.48. The first-order chi connectivity index (χ1) is 16.6. The summed E-state index contributed by atoms with van der Waals surface area (Å²) < 4.78 is 15.1. The molecule has 7 heteroatoms. The number of nitrogens with zero attached hydrogens (tertiary/aromatic N) is 3. The van der Waals surface area contributed by atoms with Crippen molar-refractivity contribution in [3.8, 4) is 0 Å². The third-order valence-electron chi connectivity index (χ3n) is 5.90. The van der Waals surface area contributed by atoms with E-state index < -0.39 is 0 Å². The number of aryl methyl sites for hydroxylation is 2. The number of benzene rings is 3. The van der Waals surface area contributed by atoms with Gasteiger partial charge in [0.05, 0.1) is 11.0 Å². The standard InChI is InChI=1S/C27H24FN5O/c28-20-12-10-19(11-13-20)15-17-33-25(29)23(27(34)30-16-14-18-6-2-1-3-7-18)24-26(33)32-22-9-5-4-8-21(22)31-24/h1-13H,14-17,29H2,(H,30,34). The highest BCUT2D eigenvalue weighted by atomic mass is 19.1. The molecule has 2 heterocycles. The summed E-state index contributed by atoms with van der Waals surface area (Å²) in [4.78, 5) is 22.7. The van der Waals surface area contributed by atoms with Gasteiger partial charge in [-0.2, -0.15) is 0 Å². The largest absolute Gasteiger partial charge is 0.384 e. The molecule has 34 heavy (non-hydrogen) atoms. The Morgan fingerprint density at radius 1 is 0.853 bits per heavy atom. The van der Waals surface area contributed by atoms with E-state index in [-0.39, 0.29) is 11.7 Å². The summed E-state index contributed by atoms with van der Waals surface area (Å²) in [5.74, 6) is -0.227. The Morgan fingerprint density at radius 2 is 1.50 bits per heavy atom. The van der Waals surface area contributed by atoms with E-state index in [0.717, 1.165) is 16.6 Å². The first-order valence-electron chi connectivity index (χ1n) is 11.2. The lowest BCUT2D eigenvalue weighted by Gasteiger charge is -2.09. The van der Waals surface area contributed by atoms with Crippen molar-refractivity contribution in [1.82, 2.24) is 19.9 Å². The zero-order valence-electron chi connectivity index (χ0n) is 18.5. The molecule has 0 aliphatic heterocycles. The Labute approximate surface area is 196 Å². The van der Waals surface area contributed by atoms with Crippen molar-refractivity contribution in [2.45, 2.75) is 19.4 Å². The van der Waals surface area contributed by atoms with Gasteiger partial charge in [-0.1, -0.05) is 54.6 Å². The van der Waals surface area contributed by atoms with E-state index in [1.165, 1.54) is 12.1 Å². The molecule has 0 unspecified atom stereocenters. The fourth-order valence-electron chi connectivity index (χ4n) is 4.11. The molecule has 0 aliphatic carbocycles. The van der Waals surface area contributed by atoms with Gasteiger partial charge in [0.2, 0.25) is 0 Å². The maximum Gasteiger partial charge on any atom is 0.257 e. The van der Waals surface area contributed by atoms with Crippen molar-refractivity contribution in [2.24, 2.45) is 0 Å². The molecule has 0 saturated carbocycles. The van der Waals surface area contributed by atoms with Crippen LogP contribution in [0.3, 0.4) is 0 Å². The molecule has 0 saturated heterocycles. The lowest BCUT2D eigenvalue weighted by molar-refractivity contribution is 0.0956. The van der Waals surface area contributed by atoms with Gasteiger partial charge in [-0.25, -0.2) is 14.4 Å². The average Bonchev–Trinajstić information content (AvgIpc) is 3.13. The van der Waals surface area contributed by atoms with E-state index in [2.05, 4.69) is 5.32 Å². The molecular formula is C27H24FN5O. The highest BCUT2D eigenvalue weighted by Gasteiger charge is 2.23. The number of nitrogens with one attached hydrogen (secondary N) is 1. The summed E-state index contributed by atoms with van der Waals surface area (Å²) in [6.07, 6.45) is 1.32. The van der Waals surface area contributed by atoms with Crippen LogP contribution >= 0.6 is 0 Å². The zero-order chi connectivity index (χ0) is 23.5. The molecule has 1 amide bonds. The normalized spacial score (nSPS) is 11.2. The number of rotatable bonds is 7. The Kier molecular flexibility index (Phi) is 5.91. The molecule has 0 radical (unpaired) electrons. The monoisotopic (exact) mass is 453 g/mol. The van der Waals surface area contributed by atoms with E-state index in [1.807, 2.05) is 59.2 Å². The second kappa shape index (κ2) is 9.31. The quantitative estimate of drug-likeness (QED) is 0.379. The first-order valence-corrected chi connectivity index (χ1v) is 11.2. The van der Waals surface area contributed by atoms with E-state index >= 15 is 0 Å². The summed E-state index contributed by atoms with van der Waals surface area (Å²) in [7, 11) is 0. The molecule has 0 bridgehead atoms. The number of carbonyl (C=O) groups is 1. The van der Waals surface area contributed by atoms with Gasteiger partial charge < -0.3 is 15.6 Å². The minimum Gasteiger partial charge on any atom is -0.384 e. The second-order valence-corrected chi connectivity index (χ2v) is 8.16. The van der Waals surface area contributed by atoms with Crippen molar-refractivity contribution in [2.75, 3.05) is 12.3 Å². The topological polar surface area (TPSA) is 85.8 Å². The summed E-state index contributed by atoms with van der Waals surface area (Å²) >= 11 is 0. The molecule has 0 spiro atoms. The average molecular weight is 454 g/mol. The predicted octanol–water partition coefficient (Wildman–Crippen LogP) is 4.52. The van der Waals surface area contributed by atoms with Crippen LogP contribution in [0.25, 0.3) is 22.2 Å². The van der Waals surface area contributed by atoms with Gasteiger partial charge >= 0.3 is 0 Å². The maximum atomic E-state index is 13.3. The molecular weight excluding hydrogens is 429 g/mol. The van der Waals surface area contributed by atoms with Crippen LogP contribution in [0.1, 0.15) is 21.5 Å². The number of nitrogen functional groups attached to an aromatic ring is 1. The molecule has 5 aromatic rings. The maximum absolute atomic E-state index is 13.3. The summed E-state index contributed by atoms with van der Waals surface area (Å²) in [5.41, 5.74) is 11.4. The summed E-state index contributed by atoms with van der Waals surface area (Å²) in [6.45, 7) is 0.962. The van der Waals surface area contributed by atoms with Gasteiger partial charge in [0.1, 0.15) is 22.7 Å². The van der Waals surface area contributed by atoms with Gasteiger partial charge in [0.15, 0.2) is 5.65 Å². The molecule has 3 N–H and O–H groups in total. The fraction of sp³-hybridized carbons (Fsp3) is 0.148. The molecule has 0 atom stereocenters. The molecule has 6 nitrogen and oxygen atoms in total. The minimum atomic E-state index is -0.276. The molecule has 0 fully saturated rings. The number of anilines is 1. The summed E-state index contributed by atoms with van der Waals surface area (Å²) in [6, 6.07) is 23.9. The van der Waals surface area contributed by atoms with E-state index in [4.69, 9.17) is 15.7 Å². The fourth-order valence-corrected chi connectivity index (χ4v) is 4.11. The molecule has 3 aromatic carbocycles. The second-order valence-electron chi connectivity index (χ2n) is 8.16. The number of hydrogen-bond donors (Lipinski definition) is 2. The highest BCUT2D eigenvalue weighted by Crippen LogP contribution is 2.28. The Morgan fingerprint density at radius 3 is 2.24 bits per heavy atom. The van der Waals surface area contributed by atoms with Crippen molar-refractivity contribution in [1.29, 1.82) is 0 Å². The van der Waals surface area contributed by atoms with Crippen LogP contribution < -0.4 is 11.1 Å². The van der Waals surface area contributed by atoms with Crippen LogP contribution in [0, 0.1) is 5.82 Å². The number of nitrogens with two attached hydrogens (primary N) is 1. The summed E-state index contributed by atoms with van der Waals surface area (Å²) in [5, 5.41) is 2.98. The number of hydrogen-bond acceptors (Lipinski definition) is 4. The number of carbonyl (C=O) groups excluding carboxylic acids is 1. The van der Waals surface area contributed by atoms with Crippen molar-refractivity contribution < 1.29 is 9.18 Å². The van der Waals surface area contributed by atoms with E-state index in [1.54, 1.807) is 12.1 Å². The zero-order valence-corrected chi connectivity index (χ0v) is 18.5. The molecule has 2 aromatic heterocycles.